The van der Waals surface area contributed by atoms with Crippen LogP contribution in [0.25, 0.3) is 0 Å². The van der Waals surface area contributed by atoms with Crippen molar-refractivity contribution in [2.75, 3.05) is 43.6 Å². The summed E-state index contributed by atoms with van der Waals surface area (Å²) in [7, 11) is -1.65. The van der Waals surface area contributed by atoms with E-state index in [1.165, 1.54) is 7.11 Å². The van der Waals surface area contributed by atoms with E-state index in [4.69, 9.17) is 9.47 Å². The summed E-state index contributed by atoms with van der Waals surface area (Å²) in [5, 5.41) is 16.0. The van der Waals surface area contributed by atoms with Crippen LogP contribution in [0.1, 0.15) is 63.9 Å². The molecule has 12 nitrogen and oxygen atoms in total. The number of esters is 1. The summed E-state index contributed by atoms with van der Waals surface area (Å²) in [6.07, 6.45) is 3.84. The molecule has 4 heterocycles. The van der Waals surface area contributed by atoms with Crippen molar-refractivity contribution in [3.05, 3.63) is 23.8 Å². The van der Waals surface area contributed by atoms with Gasteiger partial charge < -0.3 is 39.8 Å². The van der Waals surface area contributed by atoms with Gasteiger partial charge in [-0.3, -0.25) is 19.2 Å². The Balaban J connectivity index is 1.49. The molecule has 4 aliphatic heterocycles. The lowest BCUT2D eigenvalue weighted by Crippen LogP contribution is -2.46. The molecule has 0 saturated carbocycles. The first-order chi connectivity index (χ1) is 21.4. The van der Waals surface area contributed by atoms with Crippen molar-refractivity contribution in [2.45, 2.75) is 101 Å². The zero-order chi connectivity index (χ0) is 32.5. The smallest absolute Gasteiger partial charge is 0.305 e. The molecule has 0 radical (unpaired) electrons. The molecule has 5 rings (SSSR count). The number of aliphatic hydroxyl groups excluding tert-OH is 1. The van der Waals surface area contributed by atoms with Gasteiger partial charge in [0.25, 0.3) is 5.91 Å². The van der Waals surface area contributed by atoms with Crippen molar-refractivity contribution >= 4 is 43.4 Å². The van der Waals surface area contributed by atoms with Crippen molar-refractivity contribution in [3.8, 4) is 0 Å². The number of anilines is 2. The number of hydrogen-bond acceptors (Lipinski definition) is 9. The summed E-state index contributed by atoms with van der Waals surface area (Å²) in [4.78, 5) is 67.9. The highest BCUT2D eigenvalue weighted by Gasteiger charge is 2.66. The maximum Gasteiger partial charge on any atom is 0.305 e. The zero-order valence-electron chi connectivity index (χ0n) is 26.8. The highest BCUT2D eigenvalue weighted by molar-refractivity contribution is 6.71. The number of unbranched alkanes of at least 4 members (excludes halogenated alkanes) is 1. The number of nitrogens with one attached hydrogen (secondary N) is 2. The number of benzene rings is 1. The number of carbonyl (C=O) groups is 4. The maximum atomic E-state index is 14.6. The lowest BCUT2D eigenvalue weighted by molar-refractivity contribution is -0.150. The van der Waals surface area contributed by atoms with Crippen molar-refractivity contribution in [3.63, 3.8) is 0 Å². The van der Waals surface area contributed by atoms with Gasteiger partial charge >= 0.3 is 5.97 Å². The number of rotatable bonds is 11. The lowest BCUT2D eigenvalue weighted by Gasteiger charge is -2.33. The van der Waals surface area contributed by atoms with E-state index >= 15 is 0 Å². The van der Waals surface area contributed by atoms with Gasteiger partial charge in [0.2, 0.25) is 11.8 Å². The Labute approximate surface area is 265 Å². The summed E-state index contributed by atoms with van der Waals surface area (Å²) in [6.45, 7) is 7.13. The van der Waals surface area contributed by atoms with Crippen LogP contribution in [0, 0.1) is 5.92 Å². The van der Waals surface area contributed by atoms with E-state index in [-0.39, 0.29) is 55.2 Å². The SMILES string of the molecule is COC(=O)CCCCN1C(=O)[C@@]2(O[C@@H](CC(=O)N3CCC[C@H]3CO)[C@H]([Si](C)(C)O)[C@H]2C)c2cc(NC(=O)[C@H]3CCCN3)ccc21. The van der Waals surface area contributed by atoms with E-state index in [9.17, 15) is 29.1 Å². The number of fused-ring (bicyclic) bond motifs is 2. The molecule has 0 aliphatic carbocycles. The fraction of sp³-hybridized carbons (Fsp3) is 0.688. The van der Waals surface area contributed by atoms with Crippen molar-refractivity contribution in [1.82, 2.24) is 10.2 Å². The average molecular weight is 645 g/mol. The first kappa shape index (κ1) is 33.5. The van der Waals surface area contributed by atoms with Gasteiger partial charge in [0.05, 0.1) is 44.0 Å². The van der Waals surface area contributed by atoms with E-state index in [0.717, 1.165) is 32.2 Å². The highest BCUT2D eigenvalue weighted by atomic mass is 28.4. The van der Waals surface area contributed by atoms with Crippen LogP contribution in [0.15, 0.2) is 18.2 Å². The Morgan fingerprint density at radius 3 is 2.64 bits per heavy atom. The third-order valence-electron chi connectivity index (χ3n) is 10.2. The average Bonchev–Trinajstić information content (AvgIpc) is 3.79. The van der Waals surface area contributed by atoms with Crippen LogP contribution in [0.4, 0.5) is 11.4 Å². The molecule has 3 fully saturated rings. The molecule has 3 saturated heterocycles. The molecule has 4 aliphatic rings. The molecule has 3 amide bonds. The van der Waals surface area contributed by atoms with Gasteiger partial charge in [-0.25, -0.2) is 0 Å². The monoisotopic (exact) mass is 644 g/mol. The number of ether oxygens (including phenoxy) is 2. The molecular weight excluding hydrogens is 596 g/mol. The molecule has 6 atom stereocenters. The van der Waals surface area contributed by atoms with E-state index in [2.05, 4.69) is 10.6 Å². The van der Waals surface area contributed by atoms with Crippen LogP contribution >= 0.6 is 0 Å². The minimum absolute atomic E-state index is 0.00420. The summed E-state index contributed by atoms with van der Waals surface area (Å²) in [6, 6.07) is 4.89. The molecule has 1 spiro atoms. The molecular formula is C32H48N4O8Si. The Kier molecular flexibility index (Phi) is 10.0. The second-order valence-corrected chi connectivity index (χ2v) is 17.5. The Hall–Kier alpha value is -2.84. The number of methoxy groups -OCH3 is 1. The van der Waals surface area contributed by atoms with Crippen molar-refractivity contribution in [1.29, 1.82) is 0 Å². The van der Waals surface area contributed by atoms with Gasteiger partial charge in [-0.15, -0.1) is 0 Å². The van der Waals surface area contributed by atoms with Crippen LogP contribution in [0.3, 0.4) is 0 Å². The molecule has 45 heavy (non-hydrogen) atoms. The Bertz CT molecular complexity index is 1300. The van der Waals surface area contributed by atoms with Crippen LogP contribution in [-0.4, -0.2) is 98.3 Å². The van der Waals surface area contributed by atoms with Crippen LogP contribution in [0.5, 0.6) is 0 Å². The largest absolute Gasteiger partial charge is 0.469 e. The number of likely N-dealkylation sites (tertiary alicyclic amines) is 1. The fourth-order valence-electron chi connectivity index (χ4n) is 8.00. The number of nitrogens with zero attached hydrogens (tertiary/aromatic N) is 2. The second-order valence-electron chi connectivity index (χ2n) is 13.5. The van der Waals surface area contributed by atoms with Crippen molar-refractivity contribution < 1.29 is 38.6 Å². The standard InChI is InChI=1S/C32H48N4O8Si/c1-20-29(45(3,4)42)26(18-27(38)35-16-8-9-22(35)19-37)44-32(20)23-17-21(34-30(40)24-10-7-14-33-24)12-13-25(23)36(31(32)41)15-6-5-11-28(39)43-2/h12-13,17,20,22,24,26,29,33,37,42H,5-11,14-16,18-19H2,1-4H3,(H,34,40)/t20-,22+,24-,26+,29-,32+/m1/s1. The zero-order valence-corrected chi connectivity index (χ0v) is 27.8. The third kappa shape index (κ3) is 6.42. The lowest BCUT2D eigenvalue weighted by atomic mass is 9.82. The van der Waals surface area contributed by atoms with E-state index in [1.807, 2.05) is 26.1 Å². The molecule has 0 unspecified atom stereocenters. The van der Waals surface area contributed by atoms with Crippen molar-refractivity contribution in [2.24, 2.45) is 5.92 Å². The van der Waals surface area contributed by atoms with E-state index < -0.39 is 31.5 Å². The minimum Gasteiger partial charge on any atom is -0.469 e. The Morgan fingerprint density at radius 1 is 1.20 bits per heavy atom. The van der Waals surface area contributed by atoms with Crippen LogP contribution in [0.2, 0.25) is 18.6 Å². The number of hydrogen-bond donors (Lipinski definition) is 4. The van der Waals surface area contributed by atoms with Gasteiger partial charge in [0.1, 0.15) is 0 Å². The van der Waals surface area contributed by atoms with Crippen LogP contribution < -0.4 is 15.5 Å². The highest BCUT2D eigenvalue weighted by Crippen LogP contribution is 2.60. The molecule has 13 heteroatoms. The first-order valence-corrected chi connectivity index (χ1v) is 19.3. The predicted molar refractivity (Wildman–Crippen MR) is 170 cm³/mol. The van der Waals surface area contributed by atoms with Gasteiger partial charge in [-0.05, 0) is 76.4 Å². The van der Waals surface area contributed by atoms with E-state index in [1.54, 1.807) is 21.9 Å². The molecule has 4 N–H and O–H groups in total. The summed E-state index contributed by atoms with van der Waals surface area (Å²) < 4.78 is 11.6. The van der Waals surface area contributed by atoms with Gasteiger partial charge in [-0.2, -0.15) is 0 Å². The topological polar surface area (TPSA) is 158 Å². The fourth-order valence-corrected chi connectivity index (χ4v) is 10.6. The maximum absolute atomic E-state index is 14.6. The second kappa shape index (κ2) is 13.5. The van der Waals surface area contributed by atoms with Gasteiger partial charge in [0, 0.05) is 42.2 Å². The normalized spacial score (nSPS) is 29.5. The summed E-state index contributed by atoms with van der Waals surface area (Å²) in [5.74, 6) is -1.34. The number of carbonyl (C=O) groups excluding carboxylic acids is 4. The van der Waals surface area contributed by atoms with E-state index in [0.29, 0.717) is 42.9 Å². The molecule has 1 aromatic rings. The molecule has 248 valence electrons. The third-order valence-corrected chi connectivity index (χ3v) is 12.7. The summed E-state index contributed by atoms with van der Waals surface area (Å²) >= 11 is 0. The number of aliphatic hydroxyl groups is 1. The molecule has 0 aromatic heterocycles. The van der Waals surface area contributed by atoms with Gasteiger partial charge in [-0.1, -0.05) is 6.92 Å². The quantitative estimate of drug-likeness (QED) is 0.161. The molecule has 1 aromatic carbocycles. The Morgan fingerprint density at radius 2 is 1.98 bits per heavy atom. The predicted octanol–water partition coefficient (Wildman–Crippen LogP) is 2.24. The van der Waals surface area contributed by atoms with Crippen LogP contribution in [-0.2, 0) is 34.3 Å². The summed E-state index contributed by atoms with van der Waals surface area (Å²) in [5.41, 5.74) is -0.0904. The first-order valence-electron chi connectivity index (χ1n) is 16.3. The number of amides is 3. The molecule has 0 bridgehead atoms. The minimum atomic E-state index is -3.00. The van der Waals surface area contributed by atoms with Gasteiger partial charge in [0.15, 0.2) is 13.9 Å².